The molecular formula is C24H29FIN7. The highest BCUT2D eigenvalue weighted by Crippen LogP contribution is 2.19. The number of fused-ring (bicyclic) bond motifs is 1. The molecule has 0 spiro atoms. The second-order valence-corrected chi connectivity index (χ2v) is 7.84. The van der Waals surface area contributed by atoms with Crippen molar-refractivity contribution in [3.63, 3.8) is 0 Å². The van der Waals surface area contributed by atoms with Crippen LogP contribution in [0.1, 0.15) is 35.7 Å². The molecular weight excluding hydrogens is 532 g/mol. The van der Waals surface area contributed by atoms with Crippen molar-refractivity contribution in [2.24, 2.45) is 12.0 Å². The molecule has 3 N–H and O–H groups in total. The molecule has 2 aromatic heterocycles. The summed E-state index contributed by atoms with van der Waals surface area (Å²) in [6.07, 6.45) is 2.66. The topological polar surface area (TPSA) is 82.9 Å². The predicted octanol–water partition coefficient (Wildman–Crippen LogP) is 4.40. The minimum atomic E-state index is -0.231. The van der Waals surface area contributed by atoms with Crippen LogP contribution in [0.5, 0.6) is 0 Å². The molecule has 7 nitrogen and oxygen atoms in total. The highest BCUT2D eigenvalue weighted by atomic mass is 127. The number of rotatable bonds is 7. The highest BCUT2D eigenvalue weighted by molar-refractivity contribution is 14.0. The van der Waals surface area contributed by atoms with Gasteiger partial charge in [0.2, 0.25) is 0 Å². The Morgan fingerprint density at radius 1 is 1.18 bits per heavy atom. The van der Waals surface area contributed by atoms with E-state index in [1.165, 1.54) is 11.6 Å². The van der Waals surface area contributed by atoms with E-state index in [-0.39, 0.29) is 35.8 Å². The van der Waals surface area contributed by atoms with Crippen LogP contribution in [0.25, 0.3) is 10.9 Å². The third-order valence-corrected chi connectivity index (χ3v) is 5.63. The number of guanidine groups is 1. The van der Waals surface area contributed by atoms with E-state index in [0.29, 0.717) is 19.0 Å². The monoisotopic (exact) mass is 561 g/mol. The van der Waals surface area contributed by atoms with Crippen molar-refractivity contribution in [1.82, 2.24) is 30.4 Å². The van der Waals surface area contributed by atoms with Crippen LogP contribution < -0.4 is 10.6 Å². The van der Waals surface area contributed by atoms with Crippen molar-refractivity contribution >= 4 is 40.8 Å². The van der Waals surface area contributed by atoms with Gasteiger partial charge in [-0.2, -0.15) is 0 Å². The first kappa shape index (κ1) is 24.7. The van der Waals surface area contributed by atoms with Crippen molar-refractivity contribution in [1.29, 1.82) is 0 Å². The van der Waals surface area contributed by atoms with Gasteiger partial charge < -0.3 is 20.2 Å². The minimum Gasteiger partial charge on any atom is -0.361 e. The van der Waals surface area contributed by atoms with E-state index in [0.717, 1.165) is 34.5 Å². The number of halogens is 2. The number of aromatic nitrogens is 4. The van der Waals surface area contributed by atoms with Gasteiger partial charge in [-0.15, -0.1) is 34.2 Å². The van der Waals surface area contributed by atoms with Crippen molar-refractivity contribution in [2.45, 2.75) is 32.9 Å². The van der Waals surface area contributed by atoms with Crippen molar-refractivity contribution < 1.29 is 4.39 Å². The lowest BCUT2D eigenvalue weighted by Gasteiger charge is -2.19. The van der Waals surface area contributed by atoms with Gasteiger partial charge in [-0.1, -0.05) is 30.3 Å². The zero-order chi connectivity index (χ0) is 22.5. The van der Waals surface area contributed by atoms with Gasteiger partial charge in [0.1, 0.15) is 18.2 Å². The average molecular weight is 561 g/mol. The molecule has 0 aliphatic rings. The molecule has 2 aromatic carbocycles. The van der Waals surface area contributed by atoms with Crippen LogP contribution in [-0.4, -0.2) is 32.3 Å². The third kappa shape index (κ3) is 6.10. The molecule has 0 saturated heterocycles. The zero-order valence-electron chi connectivity index (χ0n) is 19.0. The molecule has 4 rings (SSSR count). The quantitative estimate of drug-likeness (QED) is 0.178. The van der Waals surface area contributed by atoms with Gasteiger partial charge in [0.25, 0.3) is 0 Å². The van der Waals surface area contributed by atoms with Gasteiger partial charge >= 0.3 is 0 Å². The Morgan fingerprint density at radius 3 is 2.70 bits per heavy atom. The fraction of sp³-hybridized carbons (Fsp3) is 0.292. The van der Waals surface area contributed by atoms with E-state index >= 15 is 0 Å². The van der Waals surface area contributed by atoms with Gasteiger partial charge in [-0.3, -0.25) is 0 Å². The highest BCUT2D eigenvalue weighted by Gasteiger charge is 2.10. The number of nitrogens with one attached hydrogen (secondary N) is 3. The third-order valence-electron chi connectivity index (χ3n) is 5.63. The number of aryl methyl sites for hydroxylation is 1. The Bertz CT molecular complexity index is 1220. The summed E-state index contributed by atoms with van der Waals surface area (Å²) in [6.45, 7) is 5.07. The second kappa shape index (κ2) is 11.3. The van der Waals surface area contributed by atoms with E-state index in [9.17, 15) is 4.39 Å². The number of hydrogen-bond acceptors (Lipinski definition) is 3. The lowest BCUT2D eigenvalue weighted by molar-refractivity contribution is 0.629. The molecule has 33 heavy (non-hydrogen) atoms. The Labute approximate surface area is 209 Å². The number of nitrogens with zero attached hydrogens (tertiary/aromatic N) is 4. The molecule has 0 radical (unpaired) electrons. The largest absolute Gasteiger partial charge is 0.361 e. The van der Waals surface area contributed by atoms with Crippen molar-refractivity contribution in [3.8, 4) is 0 Å². The number of aliphatic imine (C=N–C) groups is 1. The maximum atomic E-state index is 13.7. The predicted molar refractivity (Wildman–Crippen MR) is 140 cm³/mol. The lowest BCUT2D eigenvalue weighted by atomic mass is 10.1. The van der Waals surface area contributed by atoms with Crippen LogP contribution in [0.2, 0.25) is 0 Å². The van der Waals surface area contributed by atoms with Gasteiger partial charge in [0.05, 0.1) is 6.04 Å². The van der Waals surface area contributed by atoms with Crippen molar-refractivity contribution in [3.05, 3.63) is 83.3 Å². The van der Waals surface area contributed by atoms with E-state index in [4.69, 9.17) is 4.99 Å². The fourth-order valence-corrected chi connectivity index (χ4v) is 3.59. The maximum Gasteiger partial charge on any atom is 0.192 e. The van der Waals surface area contributed by atoms with E-state index in [1.54, 1.807) is 12.1 Å². The number of H-pyrrole nitrogens is 1. The summed E-state index contributed by atoms with van der Waals surface area (Å²) in [7, 11) is 1.93. The molecule has 9 heteroatoms. The normalized spacial score (nSPS) is 12.4. The summed E-state index contributed by atoms with van der Waals surface area (Å²) >= 11 is 0. The molecule has 2 heterocycles. The Balaban J connectivity index is 0.00000306. The summed E-state index contributed by atoms with van der Waals surface area (Å²) in [6, 6.07) is 15.1. The summed E-state index contributed by atoms with van der Waals surface area (Å²) in [5.41, 5.74) is 3.17. The van der Waals surface area contributed by atoms with Crippen LogP contribution in [0, 0.1) is 12.7 Å². The second-order valence-electron chi connectivity index (χ2n) is 7.84. The van der Waals surface area contributed by atoms with E-state index in [2.05, 4.69) is 44.9 Å². The van der Waals surface area contributed by atoms with Gasteiger partial charge in [0.15, 0.2) is 11.8 Å². The Morgan fingerprint density at radius 2 is 1.97 bits per heavy atom. The molecule has 0 fully saturated rings. The summed E-state index contributed by atoms with van der Waals surface area (Å²) in [4.78, 5) is 7.94. The molecule has 0 saturated carbocycles. The van der Waals surface area contributed by atoms with Gasteiger partial charge in [-0.25, -0.2) is 9.38 Å². The van der Waals surface area contributed by atoms with Crippen LogP contribution in [0.4, 0.5) is 4.39 Å². The van der Waals surface area contributed by atoms with E-state index in [1.807, 2.05) is 42.9 Å². The summed E-state index contributed by atoms with van der Waals surface area (Å²) in [5.74, 6) is 2.10. The smallest absolute Gasteiger partial charge is 0.192 e. The van der Waals surface area contributed by atoms with Crippen LogP contribution >= 0.6 is 24.0 Å². The first-order chi connectivity index (χ1) is 15.5. The SMILES string of the molecule is Cc1nnc(CN=C(NCCc2c[nH]c3ccc(F)cc23)NC(C)c2ccccc2)n1C.I. The average Bonchev–Trinajstić information content (AvgIpc) is 3.35. The van der Waals surface area contributed by atoms with Crippen LogP contribution in [-0.2, 0) is 20.0 Å². The van der Waals surface area contributed by atoms with Gasteiger partial charge in [-0.05, 0) is 49.6 Å². The summed E-state index contributed by atoms with van der Waals surface area (Å²) in [5, 5.41) is 16.1. The lowest BCUT2D eigenvalue weighted by Crippen LogP contribution is -2.39. The summed E-state index contributed by atoms with van der Waals surface area (Å²) < 4.78 is 15.6. The minimum absolute atomic E-state index is 0. The fourth-order valence-electron chi connectivity index (χ4n) is 3.59. The first-order valence-electron chi connectivity index (χ1n) is 10.7. The molecule has 1 unspecified atom stereocenters. The Kier molecular flexibility index (Phi) is 8.43. The van der Waals surface area contributed by atoms with Crippen molar-refractivity contribution in [2.75, 3.05) is 6.54 Å². The zero-order valence-corrected chi connectivity index (χ0v) is 21.3. The molecule has 174 valence electrons. The standard InChI is InChI=1S/C24H28FN7.HI/c1-16(18-7-5-4-6-8-18)29-24(28-15-23-31-30-17(2)32(23)3)26-12-11-19-14-27-22-10-9-20(25)13-21(19)22;/h4-10,13-14,16,27H,11-12,15H2,1-3H3,(H2,26,28,29);1H. The number of aromatic amines is 1. The van der Waals surface area contributed by atoms with Gasteiger partial charge in [0, 0.05) is 30.7 Å². The number of hydrogen-bond donors (Lipinski definition) is 3. The van der Waals surface area contributed by atoms with Crippen LogP contribution in [0.3, 0.4) is 0 Å². The first-order valence-corrected chi connectivity index (χ1v) is 10.7. The van der Waals surface area contributed by atoms with Crippen LogP contribution in [0.15, 0.2) is 59.7 Å². The molecule has 0 aliphatic heterocycles. The van der Waals surface area contributed by atoms with E-state index < -0.39 is 0 Å². The molecule has 4 aromatic rings. The molecule has 0 bridgehead atoms. The molecule has 1 atom stereocenters. The Hall–Kier alpha value is -2.95. The molecule has 0 aliphatic carbocycles. The molecule has 0 amide bonds. The maximum absolute atomic E-state index is 13.7. The number of benzene rings is 2.